The van der Waals surface area contributed by atoms with Gasteiger partial charge in [0.2, 0.25) is 10.0 Å². The van der Waals surface area contributed by atoms with E-state index < -0.39 is 21.8 Å². The molecule has 3 rings (SSSR count). The highest BCUT2D eigenvalue weighted by Crippen LogP contribution is 2.29. The number of hydrogen-bond acceptors (Lipinski definition) is 4. The van der Waals surface area contributed by atoms with Crippen LogP contribution in [0.4, 0.5) is 13.2 Å². The summed E-state index contributed by atoms with van der Waals surface area (Å²) in [5.41, 5.74) is 1.00. The third-order valence-corrected chi connectivity index (χ3v) is 6.47. The summed E-state index contributed by atoms with van der Waals surface area (Å²) in [6.07, 6.45) is -4.50. The van der Waals surface area contributed by atoms with Gasteiger partial charge in [-0.15, -0.1) is 0 Å². The largest absolute Gasteiger partial charge is 0.416 e. The molecule has 1 aliphatic heterocycles. The van der Waals surface area contributed by atoms with Gasteiger partial charge in [-0.25, -0.2) is 13.1 Å². The zero-order valence-corrected chi connectivity index (χ0v) is 16.9. The van der Waals surface area contributed by atoms with E-state index in [1.54, 1.807) is 0 Å². The van der Waals surface area contributed by atoms with Crippen molar-refractivity contribution in [2.24, 2.45) is 0 Å². The SMILES string of the molecule is CN1CCN(Cc2ccccc2CNS(=O)(=O)c2ccc(C(F)(F)F)cc2)CC1. The van der Waals surface area contributed by atoms with Crippen molar-refractivity contribution in [3.8, 4) is 0 Å². The lowest BCUT2D eigenvalue weighted by atomic mass is 10.1. The number of likely N-dealkylation sites (N-methyl/N-ethyl adjacent to an activating group) is 1. The minimum atomic E-state index is -4.50. The third-order valence-electron chi connectivity index (χ3n) is 5.05. The molecular weight excluding hydrogens is 403 g/mol. The normalized spacial score (nSPS) is 16.8. The molecule has 2 aromatic carbocycles. The molecule has 0 spiro atoms. The second kappa shape index (κ2) is 8.83. The zero-order chi connectivity index (χ0) is 21.1. The number of hydrogen-bond donors (Lipinski definition) is 1. The Bertz CT molecular complexity index is 923. The maximum atomic E-state index is 12.7. The second-order valence-corrected chi connectivity index (χ2v) is 8.96. The van der Waals surface area contributed by atoms with Gasteiger partial charge in [-0.3, -0.25) is 4.90 Å². The molecular formula is C20H24F3N3O2S. The molecule has 158 valence electrons. The highest BCUT2D eigenvalue weighted by atomic mass is 32.2. The second-order valence-electron chi connectivity index (χ2n) is 7.19. The Morgan fingerprint density at radius 2 is 1.52 bits per heavy atom. The van der Waals surface area contributed by atoms with Crippen molar-refractivity contribution in [2.45, 2.75) is 24.2 Å². The van der Waals surface area contributed by atoms with Gasteiger partial charge in [0.05, 0.1) is 10.5 Å². The van der Waals surface area contributed by atoms with E-state index in [2.05, 4.69) is 21.6 Å². The molecule has 1 fully saturated rings. The molecule has 1 heterocycles. The summed E-state index contributed by atoms with van der Waals surface area (Å²) in [7, 11) is -1.83. The average Bonchev–Trinajstić information content (AvgIpc) is 2.68. The molecule has 9 heteroatoms. The fourth-order valence-electron chi connectivity index (χ4n) is 3.21. The predicted octanol–water partition coefficient (Wildman–Crippen LogP) is 2.93. The number of nitrogens with one attached hydrogen (secondary N) is 1. The fraction of sp³-hybridized carbons (Fsp3) is 0.400. The van der Waals surface area contributed by atoms with Crippen LogP contribution in [0.25, 0.3) is 0 Å². The Balaban J connectivity index is 1.67. The van der Waals surface area contributed by atoms with E-state index in [1.165, 1.54) is 0 Å². The number of rotatable bonds is 6. The summed E-state index contributed by atoms with van der Waals surface area (Å²) in [4.78, 5) is 4.39. The molecule has 1 saturated heterocycles. The van der Waals surface area contributed by atoms with Crippen LogP contribution in [0.2, 0.25) is 0 Å². The molecule has 0 aromatic heterocycles. The van der Waals surface area contributed by atoms with Crippen molar-refractivity contribution in [1.82, 2.24) is 14.5 Å². The Morgan fingerprint density at radius 3 is 2.10 bits per heavy atom. The maximum absolute atomic E-state index is 12.7. The van der Waals surface area contributed by atoms with Gasteiger partial charge in [-0.1, -0.05) is 24.3 Å². The number of halogens is 3. The first-order chi connectivity index (χ1) is 13.6. The molecule has 0 unspecified atom stereocenters. The maximum Gasteiger partial charge on any atom is 0.416 e. The summed E-state index contributed by atoms with van der Waals surface area (Å²) >= 11 is 0. The Morgan fingerprint density at radius 1 is 0.931 bits per heavy atom. The quantitative estimate of drug-likeness (QED) is 0.770. The summed E-state index contributed by atoms with van der Waals surface area (Å²) in [5.74, 6) is 0. The van der Waals surface area contributed by atoms with Crippen LogP contribution in [0.3, 0.4) is 0 Å². The van der Waals surface area contributed by atoms with Crippen LogP contribution in [-0.2, 0) is 29.3 Å². The third kappa shape index (κ3) is 5.79. The number of piperazine rings is 1. The van der Waals surface area contributed by atoms with E-state index in [1.807, 2.05) is 24.3 Å². The molecule has 0 aliphatic carbocycles. The summed E-state index contributed by atoms with van der Waals surface area (Å²) in [6, 6.07) is 11.1. The van der Waals surface area contributed by atoms with Crippen LogP contribution in [0.15, 0.2) is 53.4 Å². The molecule has 29 heavy (non-hydrogen) atoms. The first kappa shape index (κ1) is 21.8. The van der Waals surface area contributed by atoms with E-state index in [4.69, 9.17) is 0 Å². The molecule has 5 nitrogen and oxygen atoms in total. The average molecular weight is 427 g/mol. The Labute approximate surface area is 169 Å². The van der Waals surface area contributed by atoms with Gasteiger partial charge in [0, 0.05) is 39.3 Å². The molecule has 1 aliphatic rings. The molecule has 0 amide bonds. The van der Waals surface area contributed by atoms with Crippen molar-refractivity contribution in [1.29, 1.82) is 0 Å². The lowest BCUT2D eigenvalue weighted by Crippen LogP contribution is -2.44. The van der Waals surface area contributed by atoms with Gasteiger partial charge in [0.15, 0.2) is 0 Å². The van der Waals surface area contributed by atoms with E-state index in [-0.39, 0.29) is 11.4 Å². The lowest BCUT2D eigenvalue weighted by molar-refractivity contribution is -0.137. The zero-order valence-electron chi connectivity index (χ0n) is 16.1. The van der Waals surface area contributed by atoms with Crippen molar-refractivity contribution in [2.75, 3.05) is 33.2 Å². The molecule has 0 saturated carbocycles. The van der Waals surface area contributed by atoms with Crippen LogP contribution in [0, 0.1) is 0 Å². The monoisotopic (exact) mass is 427 g/mol. The van der Waals surface area contributed by atoms with Crippen molar-refractivity contribution >= 4 is 10.0 Å². The van der Waals surface area contributed by atoms with E-state index >= 15 is 0 Å². The standard InChI is InChI=1S/C20H24F3N3O2S/c1-25-10-12-26(13-11-25)15-17-5-3-2-4-16(17)14-24-29(27,28)19-8-6-18(7-9-19)20(21,22)23/h2-9,24H,10-15H2,1H3. The van der Waals surface area contributed by atoms with E-state index in [0.29, 0.717) is 0 Å². The van der Waals surface area contributed by atoms with Gasteiger partial charge in [0.25, 0.3) is 0 Å². The van der Waals surface area contributed by atoms with Crippen molar-refractivity contribution in [3.63, 3.8) is 0 Å². The number of alkyl halides is 3. The van der Waals surface area contributed by atoms with Crippen LogP contribution in [0.1, 0.15) is 16.7 Å². The van der Waals surface area contributed by atoms with Crippen LogP contribution < -0.4 is 4.72 Å². The van der Waals surface area contributed by atoms with Crippen LogP contribution in [-0.4, -0.2) is 51.4 Å². The van der Waals surface area contributed by atoms with Crippen molar-refractivity contribution < 1.29 is 21.6 Å². The summed E-state index contributed by atoms with van der Waals surface area (Å²) in [5, 5.41) is 0. The van der Waals surface area contributed by atoms with E-state index in [0.717, 1.165) is 68.1 Å². The minimum absolute atomic E-state index is 0.0767. The van der Waals surface area contributed by atoms with Crippen LogP contribution in [0.5, 0.6) is 0 Å². The number of nitrogens with zero attached hydrogens (tertiary/aromatic N) is 2. The van der Waals surface area contributed by atoms with E-state index in [9.17, 15) is 21.6 Å². The molecule has 0 atom stereocenters. The molecule has 0 bridgehead atoms. The Hall–Kier alpha value is -1.94. The topological polar surface area (TPSA) is 52.6 Å². The van der Waals surface area contributed by atoms with Gasteiger partial charge in [-0.2, -0.15) is 13.2 Å². The van der Waals surface area contributed by atoms with Crippen molar-refractivity contribution in [3.05, 3.63) is 65.2 Å². The minimum Gasteiger partial charge on any atom is -0.304 e. The predicted molar refractivity (Wildman–Crippen MR) is 105 cm³/mol. The van der Waals surface area contributed by atoms with Gasteiger partial charge in [-0.05, 0) is 42.4 Å². The highest BCUT2D eigenvalue weighted by Gasteiger charge is 2.30. The first-order valence-corrected chi connectivity index (χ1v) is 10.8. The fourth-order valence-corrected chi connectivity index (χ4v) is 4.22. The van der Waals surface area contributed by atoms with Gasteiger partial charge < -0.3 is 4.90 Å². The highest BCUT2D eigenvalue weighted by molar-refractivity contribution is 7.89. The first-order valence-electron chi connectivity index (χ1n) is 9.30. The number of sulfonamides is 1. The molecule has 1 N–H and O–H groups in total. The molecule has 0 radical (unpaired) electrons. The lowest BCUT2D eigenvalue weighted by Gasteiger charge is -2.32. The van der Waals surface area contributed by atoms with Gasteiger partial charge in [0.1, 0.15) is 0 Å². The Kier molecular flexibility index (Phi) is 6.62. The summed E-state index contributed by atoms with van der Waals surface area (Å²) < 4.78 is 65.5. The van der Waals surface area contributed by atoms with Gasteiger partial charge >= 0.3 is 6.18 Å². The molecule has 2 aromatic rings. The summed E-state index contributed by atoms with van der Waals surface area (Å²) in [6.45, 7) is 4.68. The van der Waals surface area contributed by atoms with Crippen LogP contribution >= 0.6 is 0 Å². The number of benzene rings is 2. The smallest absolute Gasteiger partial charge is 0.304 e.